The molecule has 0 atom stereocenters. The van der Waals surface area contributed by atoms with Gasteiger partial charge < -0.3 is 9.15 Å². The molecule has 1 saturated carbocycles. The number of fused-ring (bicyclic) bond motifs is 1. The third-order valence-electron chi connectivity index (χ3n) is 5.61. The van der Waals surface area contributed by atoms with E-state index in [4.69, 9.17) is 19.4 Å². The van der Waals surface area contributed by atoms with Crippen LogP contribution in [0.15, 0.2) is 40.8 Å². The summed E-state index contributed by atoms with van der Waals surface area (Å²) in [5, 5.41) is 8.92. The topological polar surface area (TPSA) is 59.0 Å². The molecule has 0 spiro atoms. The van der Waals surface area contributed by atoms with E-state index in [1.54, 1.807) is 12.1 Å². The van der Waals surface area contributed by atoms with Gasteiger partial charge >= 0.3 is 0 Å². The molecule has 1 aliphatic rings. The van der Waals surface area contributed by atoms with Crippen LogP contribution in [0.4, 0.5) is 0 Å². The number of ether oxygens (including phenoxy) is 1. The van der Waals surface area contributed by atoms with Crippen LogP contribution >= 0.6 is 0 Å². The fourth-order valence-electron chi connectivity index (χ4n) is 4.01. The van der Waals surface area contributed by atoms with Gasteiger partial charge in [0.15, 0.2) is 5.58 Å². The summed E-state index contributed by atoms with van der Waals surface area (Å²) >= 11 is 0. The minimum atomic E-state index is 0.473. The molecule has 0 radical (unpaired) electrons. The molecule has 0 saturated heterocycles. The molecule has 3 aromatic rings. The number of rotatable bonds is 6. The highest BCUT2D eigenvalue weighted by Crippen LogP contribution is 2.40. The van der Waals surface area contributed by atoms with E-state index >= 15 is 0 Å². The van der Waals surface area contributed by atoms with Gasteiger partial charge in [0.1, 0.15) is 11.3 Å². The second-order valence-electron chi connectivity index (χ2n) is 8.52. The summed E-state index contributed by atoms with van der Waals surface area (Å²) in [5.41, 5.74) is 4.57. The SMILES string of the molecule is CC(C)COc1cc2oc(/C=C/c3ccc(C#N)cc3)nc2cc1C1CCCCC1. The normalized spacial score (nSPS) is 15.1. The Morgan fingerprint density at radius 1 is 1.13 bits per heavy atom. The molecule has 1 heterocycles. The summed E-state index contributed by atoms with van der Waals surface area (Å²) in [7, 11) is 0. The standard InChI is InChI=1S/C26H28N2O2/c1-18(2)17-29-24-15-25-23(14-22(24)21-6-4-3-5-7-21)28-26(30-25)13-12-19-8-10-20(16-27)11-9-19/h8-15,18,21H,3-7,17H2,1-2H3/b13-12+. The maximum atomic E-state index is 8.92. The van der Waals surface area contributed by atoms with Gasteiger partial charge in [0.2, 0.25) is 5.89 Å². The van der Waals surface area contributed by atoms with Crippen molar-refractivity contribution in [3.05, 3.63) is 59.0 Å². The summed E-state index contributed by atoms with van der Waals surface area (Å²) < 4.78 is 12.2. The fourth-order valence-corrected chi connectivity index (χ4v) is 4.01. The Labute approximate surface area is 178 Å². The molecule has 1 fully saturated rings. The molecule has 154 valence electrons. The summed E-state index contributed by atoms with van der Waals surface area (Å²) in [6, 6.07) is 13.8. The van der Waals surface area contributed by atoms with Crippen LogP contribution in [-0.4, -0.2) is 11.6 Å². The zero-order valence-corrected chi connectivity index (χ0v) is 17.7. The van der Waals surface area contributed by atoms with Gasteiger partial charge in [0.25, 0.3) is 0 Å². The first kappa shape index (κ1) is 20.2. The second-order valence-corrected chi connectivity index (χ2v) is 8.52. The Morgan fingerprint density at radius 2 is 1.90 bits per heavy atom. The first-order valence-corrected chi connectivity index (χ1v) is 10.9. The van der Waals surface area contributed by atoms with Gasteiger partial charge in [-0.15, -0.1) is 0 Å². The molecular weight excluding hydrogens is 372 g/mol. The van der Waals surface area contributed by atoms with E-state index in [1.807, 2.05) is 30.4 Å². The summed E-state index contributed by atoms with van der Waals surface area (Å²) in [6.45, 7) is 5.03. The molecule has 0 unspecified atom stereocenters. The van der Waals surface area contributed by atoms with Crippen molar-refractivity contribution in [2.75, 3.05) is 6.61 Å². The molecule has 0 bridgehead atoms. The lowest BCUT2D eigenvalue weighted by Gasteiger charge is -2.24. The van der Waals surface area contributed by atoms with E-state index in [0.717, 1.165) is 22.4 Å². The van der Waals surface area contributed by atoms with Crippen LogP contribution in [0.25, 0.3) is 23.3 Å². The van der Waals surface area contributed by atoms with Crippen LogP contribution < -0.4 is 4.74 Å². The zero-order valence-electron chi connectivity index (χ0n) is 17.7. The predicted octanol–water partition coefficient (Wildman–Crippen LogP) is 6.95. The Balaban J connectivity index is 1.63. The van der Waals surface area contributed by atoms with Crippen molar-refractivity contribution in [3.8, 4) is 11.8 Å². The maximum Gasteiger partial charge on any atom is 0.220 e. The van der Waals surface area contributed by atoms with Gasteiger partial charge in [0.05, 0.1) is 18.2 Å². The Hall–Kier alpha value is -3.06. The van der Waals surface area contributed by atoms with Crippen LogP contribution in [-0.2, 0) is 0 Å². The molecule has 30 heavy (non-hydrogen) atoms. The van der Waals surface area contributed by atoms with E-state index < -0.39 is 0 Å². The number of hydrogen-bond donors (Lipinski definition) is 0. The third-order valence-corrected chi connectivity index (χ3v) is 5.61. The van der Waals surface area contributed by atoms with E-state index in [2.05, 4.69) is 26.0 Å². The van der Waals surface area contributed by atoms with Crippen molar-refractivity contribution in [1.82, 2.24) is 4.98 Å². The number of hydrogen-bond acceptors (Lipinski definition) is 4. The van der Waals surface area contributed by atoms with Crippen molar-refractivity contribution < 1.29 is 9.15 Å². The lowest BCUT2D eigenvalue weighted by atomic mass is 9.83. The van der Waals surface area contributed by atoms with E-state index in [1.165, 1.54) is 37.7 Å². The van der Waals surface area contributed by atoms with Gasteiger partial charge in [-0.3, -0.25) is 0 Å². The Morgan fingerprint density at radius 3 is 2.60 bits per heavy atom. The fraction of sp³-hybridized carbons (Fsp3) is 0.385. The van der Waals surface area contributed by atoms with Crippen LogP contribution in [0, 0.1) is 17.2 Å². The average molecular weight is 401 g/mol. The number of nitrogens with zero attached hydrogens (tertiary/aromatic N) is 2. The van der Waals surface area contributed by atoms with Crippen molar-refractivity contribution >= 4 is 23.3 Å². The average Bonchev–Trinajstić information content (AvgIpc) is 3.18. The maximum absolute atomic E-state index is 8.92. The van der Waals surface area contributed by atoms with Crippen molar-refractivity contribution in [2.45, 2.75) is 51.9 Å². The lowest BCUT2D eigenvalue weighted by Crippen LogP contribution is -2.10. The molecule has 1 aliphatic carbocycles. The summed E-state index contributed by atoms with van der Waals surface area (Å²) in [5.74, 6) is 2.53. The third kappa shape index (κ3) is 4.74. The molecule has 4 rings (SSSR count). The molecule has 2 aromatic carbocycles. The number of oxazole rings is 1. The number of aromatic nitrogens is 1. The summed E-state index contributed by atoms with van der Waals surface area (Å²) in [4.78, 5) is 4.69. The summed E-state index contributed by atoms with van der Waals surface area (Å²) in [6.07, 6.45) is 10.1. The second kappa shape index (κ2) is 9.17. The van der Waals surface area contributed by atoms with E-state index in [9.17, 15) is 0 Å². The van der Waals surface area contributed by atoms with Crippen LogP contribution in [0.5, 0.6) is 5.75 Å². The minimum absolute atomic E-state index is 0.473. The predicted molar refractivity (Wildman–Crippen MR) is 120 cm³/mol. The highest BCUT2D eigenvalue weighted by molar-refractivity contribution is 5.79. The van der Waals surface area contributed by atoms with E-state index in [0.29, 0.717) is 29.9 Å². The Kier molecular flexibility index (Phi) is 6.18. The van der Waals surface area contributed by atoms with E-state index in [-0.39, 0.29) is 0 Å². The van der Waals surface area contributed by atoms with Crippen molar-refractivity contribution in [3.63, 3.8) is 0 Å². The molecule has 4 nitrogen and oxygen atoms in total. The first-order valence-electron chi connectivity index (χ1n) is 10.9. The highest BCUT2D eigenvalue weighted by Gasteiger charge is 2.21. The van der Waals surface area contributed by atoms with Gasteiger partial charge in [-0.2, -0.15) is 5.26 Å². The van der Waals surface area contributed by atoms with Crippen molar-refractivity contribution in [1.29, 1.82) is 5.26 Å². The molecule has 0 amide bonds. The van der Waals surface area contributed by atoms with Crippen molar-refractivity contribution in [2.24, 2.45) is 5.92 Å². The quantitative estimate of drug-likeness (QED) is 0.449. The zero-order chi connectivity index (χ0) is 20.9. The number of nitriles is 1. The molecule has 0 aliphatic heterocycles. The first-order chi connectivity index (χ1) is 14.6. The van der Waals surface area contributed by atoms with Gasteiger partial charge in [-0.1, -0.05) is 45.2 Å². The van der Waals surface area contributed by atoms with Gasteiger partial charge in [-0.05, 0) is 60.1 Å². The Bertz CT molecular complexity index is 1060. The smallest absolute Gasteiger partial charge is 0.220 e. The monoisotopic (exact) mass is 400 g/mol. The number of benzene rings is 2. The van der Waals surface area contributed by atoms with Gasteiger partial charge in [-0.25, -0.2) is 4.98 Å². The molecular formula is C26H28N2O2. The van der Waals surface area contributed by atoms with Crippen LogP contribution in [0.3, 0.4) is 0 Å². The highest BCUT2D eigenvalue weighted by atomic mass is 16.5. The van der Waals surface area contributed by atoms with Crippen LogP contribution in [0.2, 0.25) is 0 Å². The molecule has 1 aromatic heterocycles. The lowest BCUT2D eigenvalue weighted by molar-refractivity contribution is 0.265. The minimum Gasteiger partial charge on any atom is -0.493 e. The van der Waals surface area contributed by atoms with Gasteiger partial charge in [0, 0.05) is 12.1 Å². The molecule has 4 heteroatoms. The molecule has 0 N–H and O–H groups in total. The largest absolute Gasteiger partial charge is 0.493 e. The van der Waals surface area contributed by atoms with Crippen LogP contribution in [0.1, 0.15) is 74.5 Å².